The van der Waals surface area contributed by atoms with Crippen molar-refractivity contribution in [2.24, 2.45) is 0 Å². The van der Waals surface area contributed by atoms with Crippen molar-refractivity contribution in [2.75, 3.05) is 6.54 Å². The zero-order chi connectivity index (χ0) is 13.9. The second kappa shape index (κ2) is 5.45. The van der Waals surface area contributed by atoms with E-state index in [1.807, 2.05) is 0 Å². The van der Waals surface area contributed by atoms with Crippen LogP contribution < -0.4 is 5.32 Å². The fourth-order valence-corrected chi connectivity index (χ4v) is 1.52. The molecule has 0 aliphatic heterocycles. The van der Waals surface area contributed by atoms with E-state index in [1.54, 1.807) is 0 Å². The molecular formula is C10H15F3N2O3. The third-order valence-electron chi connectivity index (χ3n) is 2.60. The second-order valence-corrected chi connectivity index (χ2v) is 4.22. The van der Waals surface area contributed by atoms with Crippen LogP contribution in [0.25, 0.3) is 0 Å². The van der Waals surface area contributed by atoms with Gasteiger partial charge in [-0.15, -0.1) is 0 Å². The van der Waals surface area contributed by atoms with Crippen molar-refractivity contribution in [3.05, 3.63) is 0 Å². The predicted octanol–water partition coefficient (Wildman–Crippen LogP) is 1.59. The zero-order valence-electron chi connectivity index (χ0n) is 9.83. The molecule has 1 rings (SSSR count). The second-order valence-electron chi connectivity index (χ2n) is 4.22. The molecule has 0 bridgehead atoms. The van der Waals surface area contributed by atoms with Crippen LogP contribution in [0.3, 0.4) is 0 Å². The summed E-state index contributed by atoms with van der Waals surface area (Å²) in [6, 6.07) is -2.56. The monoisotopic (exact) mass is 268 g/mol. The molecule has 2 amide bonds. The number of halogens is 3. The molecule has 104 valence electrons. The van der Waals surface area contributed by atoms with Gasteiger partial charge >= 0.3 is 18.2 Å². The number of nitrogens with one attached hydrogen (secondary N) is 1. The Hall–Kier alpha value is -1.47. The molecule has 8 heteroatoms. The zero-order valence-corrected chi connectivity index (χ0v) is 9.83. The maximum absolute atomic E-state index is 12.3. The first kappa shape index (κ1) is 14.6. The van der Waals surface area contributed by atoms with Crippen molar-refractivity contribution in [1.82, 2.24) is 10.2 Å². The minimum atomic E-state index is -4.48. The van der Waals surface area contributed by atoms with E-state index in [4.69, 9.17) is 5.11 Å². The molecule has 0 unspecified atom stereocenters. The van der Waals surface area contributed by atoms with Gasteiger partial charge in [-0.3, -0.25) is 0 Å². The summed E-state index contributed by atoms with van der Waals surface area (Å²) in [4.78, 5) is 23.0. The lowest BCUT2D eigenvalue weighted by Crippen LogP contribution is -2.51. The molecule has 0 aromatic rings. The number of urea groups is 1. The summed E-state index contributed by atoms with van der Waals surface area (Å²) in [5, 5.41) is 10.8. The quantitative estimate of drug-likeness (QED) is 0.795. The van der Waals surface area contributed by atoms with Gasteiger partial charge in [-0.2, -0.15) is 13.2 Å². The number of amides is 2. The van der Waals surface area contributed by atoms with Crippen LogP contribution in [0, 0.1) is 0 Å². The smallest absolute Gasteiger partial charge is 0.406 e. The van der Waals surface area contributed by atoms with Gasteiger partial charge in [0.05, 0.1) is 0 Å². The van der Waals surface area contributed by atoms with E-state index in [1.165, 1.54) is 6.92 Å². The van der Waals surface area contributed by atoms with Crippen molar-refractivity contribution in [2.45, 2.75) is 44.4 Å². The molecule has 0 heterocycles. The number of carbonyl (C=O) groups is 2. The Morgan fingerprint density at radius 2 is 2.00 bits per heavy atom. The lowest BCUT2D eigenvalue weighted by molar-refractivity contribution is -0.141. The Labute approximate surface area is 102 Å². The number of carboxylic acids is 1. The van der Waals surface area contributed by atoms with E-state index in [9.17, 15) is 22.8 Å². The minimum Gasteiger partial charge on any atom is -0.480 e. The van der Waals surface area contributed by atoms with Crippen molar-refractivity contribution in [3.63, 3.8) is 0 Å². The first-order valence-corrected chi connectivity index (χ1v) is 5.61. The highest BCUT2D eigenvalue weighted by atomic mass is 19.4. The van der Waals surface area contributed by atoms with Gasteiger partial charge in [0.1, 0.15) is 12.6 Å². The number of aliphatic carboxylic acids is 1. The van der Waals surface area contributed by atoms with Crippen LogP contribution >= 0.6 is 0 Å². The molecule has 1 fully saturated rings. The third kappa shape index (κ3) is 4.42. The van der Waals surface area contributed by atoms with E-state index < -0.39 is 36.8 Å². The largest absolute Gasteiger partial charge is 0.480 e. The summed E-state index contributed by atoms with van der Waals surface area (Å²) in [6.07, 6.45) is -3.32. The molecule has 0 aromatic heterocycles. The Kier molecular flexibility index (Phi) is 4.42. The Morgan fingerprint density at radius 1 is 1.44 bits per heavy atom. The molecular weight excluding hydrogens is 253 g/mol. The van der Waals surface area contributed by atoms with E-state index in [0.29, 0.717) is 17.7 Å². The highest BCUT2D eigenvalue weighted by Gasteiger charge is 2.41. The van der Waals surface area contributed by atoms with E-state index in [0.717, 1.165) is 0 Å². The summed E-state index contributed by atoms with van der Waals surface area (Å²) >= 11 is 0. The molecule has 0 radical (unpaired) electrons. The van der Waals surface area contributed by atoms with Crippen LogP contribution in [0.4, 0.5) is 18.0 Å². The Bertz CT molecular complexity index is 329. The van der Waals surface area contributed by atoms with Crippen molar-refractivity contribution < 1.29 is 27.9 Å². The van der Waals surface area contributed by atoms with Crippen LogP contribution in [-0.2, 0) is 4.79 Å². The summed E-state index contributed by atoms with van der Waals surface area (Å²) in [5.74, 6) is -1.26. The number of carboxylic acid groups (broad SMARTS) is 1. The van der Waals surface area contributed by atoms with E-state index >= 15 is 0 Å². The van der Waals surface area contributed by atoms with Crippen molar-refractivity contribution in [1.29, 1.82) is 0 Å². The van der Waals surface area contributed by atoms with Gasteiger partial charge in [-0.25, -0.2) is 9.59 Å². The van der Waals surface area contributed by atoms with Gasteiger partial charge in [0, 0.05) is 6.04 Å². The first-order chi connectivity index (χ1) is 8.24. The molecule has 0 aromatic carbocycles. The highest BCUT2D eigenvalue weighted by molar-refractivity contribution is 5.82. The fourth-order valence-electron chi connectivity index (χ4n) is 1.52. The average molecular weight is 268 g/mol. The van der Waals surface area contributed by atoms with Gasteiger partial charge in [-0.1, -0.05) is 6.92 Å². The maximum Gasteiger partial charge on any atom is 0.406 e. The van der Waals surface area contributed by atoms with Crippen LogP contribution in [0.1, 0.15) is 26.2 Å². The van der Waals surface area contributed by atoms with Gasteiger partial charge in [0.2, 0.25) is 0 Å². The maximum atomic E-state index is 12.3. The Morgan fingerprint density at radius 3 is 2.33 bits per heavy atom. The van der Waals surface area contributed by atoms with Gasteiger partial charge < -0.3 is 15.3 Å². The lowest BCUT2D eigenvalue weighted by Gasteiger charge is -2.25. The van der Waals surface area contributed by atoms with E-state index in [2.05, 4.69) is 5.32 Å². The van der Waals surface area contributed by atoms with Crippen LogP contribution in [0.15, 0.2) is 0 Å². The molecule has 1 aliphatic carbocycles. The summed E-state index contributed by atoms with van der Waals surface area (Å²) in [5.41, 5.74) is 0. The summed E-state index contributed by atoms with van der Waals surface area (Å²) in [6.45, 7) is 0.184. The van der Waals surface area contributed by atoms with Gasteiger partial charge in [0.25, 0.3) is 0 Å². The molecule has 5 nitrogen and oxygen atoms in total. The average Bonchev–Trinajstić information content (AvgIpc) is 3.04. The van der Waals surface area contributed by atoms with Crippen LogP contribution in [0.2, 0.25) is 0 Å². The highest BCUT2D eigenvalue weighted by Crippen LogP contribution is 2.30. The molecule has 1 saturated carbocycles. The van der Waals surface area contributed by atoms with Crippen molar-refractivity contribution in [3.8, 4) is 0 Å². The third-order valence-corrected chi connectivity index (χ3v) is 2.60. The molecule has 0 spiro atoms. The number of hydrogen-bond acceptors (Lipinski definition) is 2. The van der Waals surface area contributed by atoms with E-state index in [-0.39, 0.29) is 6.42 Å². The topological polar surface area (TPSA) is 69.6 Å². The normalized spacial score (nSPS) is 17.1. The number of carbonyl (C=O) groups excluding carboxylic acids is 1. The number of nitrogens with zero attached hydrogens (tertiary/aromatic N) is 1. The molecule has 1 atom stereocenters. The summed E-state index contributed by atoms with van der Waals surface area (Å²) < 4.78 is 36.9. The van der Waals surface area contributed by atoms with Gasteiger partial charge in [-0.05, 0) is 19.3 Å². The number of hydrogen-bond donors (Lipinski definition) is 2. The molecule has 18 heavy (non-hydrogen) atoms. The molecule has 2 N–H and O–H groups in total. The van der Waals surface area contributed by atoms with Crippen LogP contribution in [-0.4, -0.2) is 46.8 Å². The lowest BCUT2D eigenvalue weighted by atomic mass is 10.2. The standard InChI is InChI=1S/C10H15F3N2O3/c1-2-7(8(16)17)14-9(18)15(6-3-4-6)5-10(11,12)13/h6-7H,2-5H2,1H3,(H,14,18)(H,16,17)/t7-/m0/s1. The Balaban J connectivity index is 2.62. The van der Waals surface area contributed by atoms with Crippen molar-refractivity contribution >= 4 is 12.0 Å². The van der Waals surface area contributed by atoms with Gasteiger partial charge in [0.15, 0.2) is 0 Å². The predicted molar refractivity (Wildman–Crippen MR) is 56.0 cm³/mol. The summed E-state index contributed by atoms with van der Waals surface area (Å²) in [7, 11) is 0. The number of rotatable bonds is 5. The fraction of sp³-hybridized carbons (Fsp3) is 0.800. The molecule has 1 aliphatic rings. The number of alkyl halides is 3. The minimum absolute atomic E-state index is 0.117. The molecule has 0 saturated heterocycles. The van der Waals surface area contributed by atoms with Crippen LogP contribution in [0.5, 0.6) is 0 Å². The first-order valence-electron chi connectivity index (χ1n) is 5.61. The SMILES string of the molecule is CC[C@H](NC(=O)N(CC(F)(F)F)C1CC1)C(=O)O.